The van der Waals surface area contributed by atoms with Crippen LogP contribution < -0.4 is 10.2 Å². The highest BCUT2D eigenvalue weighted by Gasteiger charge is 2.23. The summed E-state index contributed by atoms with van der Waals surface area (Å²) < 4.78 is 1.86. The fourth-order valence-corrected chi connectivity index (χ4v) is 2.89. The minimum absolute atomic E-state index is 0.156. The van der Waals surface area contributed by atoms with Gasteiger partial charge in [-0.05, 0) is 25.3 Å². The van der Waals surface area contributed by atoms with E-state index in [1.54, 1.807) is 6.20 Å². The summed E-state index contributed by atoms with van der Waals surface area (Å²) in [6, 6.07) is 4.10. The van der Waals surface area contributed by atoms with Crippen LogP contribution in [0.2, 0.25) is 0 Å². The third-order valence-electron chi connectivity index (χ3n) is 3.86. The summed E-state index contributed by atoms with van der Waals surface area (Å²) >= 11 is 0. The SMILES string of the molecule is CCCC(=O)NC1CCCN(c2ccnc3ccnn23)C1. The van der Waals surface area contributed by atoms with Crippen LogP contribution >= 0.6 is 0 Å². The minimum Gasteiger partial charge on any atom is -0.354 e. The molecule has 1 saturated heterocycles. The number of nitrogens with zero attached hydrogens (tertiary/aromatic N) is 4. The van der Waals surface area contributed by atoms with Crippen molar-refractivity contribution in [3.63, 3.8) is 0 Å². The molecule has 0 radical (unpaired) electrons. The third-order valence-corrected chi connectivity index (χ3v) is 3.86. The van der Waals surface area contributed by atoms with E-state index in [1.165, 1.54) is 0 Å². The number of hydrogen-bond acceptors (Lipinski definition) is 4. The van der Waals surface area contributed by atoms with Crippen molar-refractivity contribution in [1.82, 2.24) is 19.9 Å². The number of rotatable bonds is 4. The van der Waals surface area contributed by atoms with E-state index in [2.05, 4.69) is 20.3 Å². The second-order valence-electron chi connectivity index (χ2n) is 5.51. The van der Waals surface area contributed by atoms with E-state index in [-0.39, 0.29) is 11.9 Å². The first-order chi connectivity index (χ1) is 10.3. The van der Waals surface area contributed by atoms with Crippen LogP contribution in [0.3, 0.4) is 0 Å². The lowest BCUT2D eigenvalue weighted by Gasteiger charge is -2.34. The molecule has 1 fully saturated rings. The van der Waals surface area contributed by atoms with Crippen molar-refractivity contribution in [3.8, 4) is 0 Å². The molecule has 0 bridgehead atoms. The zero-order valence-electron chi connectivity index (χ0n) is 12.3. The normalized spacial score (nSPS) is 18.9. The van der Waals surface area contributed by atoms with Crippen LogP contribution in [-0.4, -0.2) is 39.6 Å². The lowest BCUT2D eigenvalue weighted by atomic mass is 10.1. The van der Waals surface area contributed by atoms with E-state index in [4.69, 9.17) is 0 Å². The van der Waals surface area contributed by atoms with Gasteiger partial charge in [0.05, 0.1) is 6.20 Å². The van der Waals surface area contributed by atoms with Gasteiger partial charge >= 0.3 is 0 Å². The Morgan fingerprint density at radius 2 is 2.33 bits per heavy atom. The second kappa shape index (κ2) is 6.11. The summed E-state index contributed by atoms with van der Waals surface area (Å²) in [7, 11) is 0. The van der Waals surface area contributed by atoms with Gasteiger partial charge in [-0.3, -0.25) is 4.79 Å². The molecule has 3 heterocycles. The van der Waals surface area contributed by atoms with Gasteiger partial charge in [-0.25, -0.2) is 4.98 Å². The van der Waals surface area contributed by atoms with Gasteiger partial charge in [0.25, 0.3) is 0 Å². The summed E-state index contributed by atoms with van der Waals surface area (Å²) in [5.41, 5.74) is 0.852. The Hall–Kier alpha value is -2.11. The van der Waals surface area contributed by atoms with E-state index in [0.717, 1.165) is 43.8 Å². The number of carbonyl (C=O) groups excluding carboxylic acids is 1. The molecular weight excluding hydrogens is 266 g/mol. The Balaban J connectivity index is 1.74. The van der Waals surface area contributed by atoms with Gasteiger partial charge in [-0.2, -0.15) is 9.61 Å². The minimum atomic E-state index is 0.156. The molecule has 1 amide bonds. The molecule has 1 atom stereocenters. The largest absolute Gasteiger partial charge is 0.354 e. The molecule has 21 heavy (non-hydrogen) atoms. The monoisotopic (exact) mass is 287 g/mol. The maximum atomic E-state index is 11.8. The highest BCUT2D eigenvalue weighted by molar-refractivity contribution is 5.76. The number of amides is 1. The van der Waals surface area contributed by atoms with E-state index in [9.17, 15) is 4.79 Å². The van der Waals surface area contributed by atoms with Crippen LogP contribution in [0.1, 0.15) is 32.6 Å². The van der Waals surface area contributed by atoms with Crippen molar-refractivity contribution in [2.24, 2.45) is 0 Å². The number of nitrogens with one attached hydrogen (secondary N) is 1. The number of hydrogen-bond donors (Lipinski definition) is 1. The topological polar surface area (TPSA) is 62.5 Å². The molecule has 3 rings (SSSR count). The number of carbonyl (C=O) groups is 1. The average molecular weight is 287 g/mol. The molecule has 0 aromatic carbocycles. The predicted molar refractivity (Wildman–Crippen MR) is 81.3 cm³/mol. The molecular formula is C15H21N5O. The number of fused-ring (bicyclic) bond motifs is 1. The summed E-state index contributed by atoms with van der Waals surface area (Å²) in [4.78, 5) is 18.3. The van der Waals surface area contributed by atoms with Crippen molar-refractivity contribution in [2.45, 2.75) is 38.6 Å². The molecule has 1 unspecified atom stereocenters. The molecule has 2 aromatic rings. The van der Waals surface area contributed by atoms with E-state index >= 15 is 0 Å². The Morgan fingerprint density at radius 3 is 3.19 bits per heavy atom. The first kappa shape index (κ1) is 13.9. The Labute approximate surface area is 124 Å². The standard InChI is InChI=1S/C15H21N5O/c1-2-4-14(21)18-12-5-3-10-19(11-12)15-7-8-16-13-6-9-17-20(13)15/h6-9,12H,2-5,10-11H2,1H3,(H,18,21). The fourth-order valence-electron chi connectivity index (χ4n) is 2.89. The van der Waals surface area contributed by atoms with Gasteiger partial charge in [0.2, 0.25) is 5.91 Å². The molecule has 2 aromatic heterocycles. The Kier molecular flexibility index (Phi) is 4.03. The first-order valence-corrected chi connectivity index (χ1v) is 7.61. The van der Waals surface area contributed by atoms with Crippen LogP contribution in [0.25, 0.3) is 5.65 Å². The van der Waals surface area contributed by atoms with Crippen molar-refractivity contribution < 1.29 is 4.79 Å². The highest BCUT2D eigenvalue weighted by atomic mass is 16.1. The van der Waals surface area contributed by atoms with Crippen LogP contribution in [0.4, 0.5) is 5.82 Å². The lowest BCUT2D eigenvalue weighted by Crippen LogP contribution is -2.48. The number of anilines is 1. The molecule has 6 heteroatoms. The lowest BCUT2D eigenvalue weighted by molar-refractivity contribution is -0.121. The van der Waals surface area contributed by atoms with Crippen LogP contribution in [0, 0.1) is 0 Å². The van der Waals surface area contributed by atoms with Crippen molar-refractivity contribution >= 4 is 17.4 Å². The number of aromatic nitrogens is 3. The van der Waals surface area contributed by atoms with Crippen molar-refractivity contribution in [1.29, 1.82) is 0 Å². The molecule has 6 nitrogen and oxygen atoms in total. The van der Waals surface area contributed by atoms with Gasteiger partial charge < -0.3 is 10.2 Å². The summed E-state index contributed by atoms with van der Waals surface area (Å²) in [6.45, 7) is 3.84. The first-order valence-electron chi connectivity index (χ1n) is 7.61. The Morgan fingerprint density at radius 1 is 1.43 bits per heavy atom. The molecule has 1 N–H and O–H groups in total. The highest BCUT2D eigenvalue weighted by Crippen LogP contribution is 2.20. The molecule has 0 spiro atoms. The molecule has 0 saturated carbocycles. The zero-order valence-corrected chi connectivity index (χ0v) is 12.3. The second-order valence-corrected chi connectivity index (χ2v) is 5.51. The maximum Gasteiger partial charge on any atom is 0.220 e. The average Bonchev–Trinajstić information content (AvgIpc) is 2.96. The van der Waals surface area contributed by atoms with Crippen LogP contribution in [0.15, 0.2) is 24.5 Å². The van der Waals surface area contributed by atoms with Gasteiger partial charge in [-0.15, -0.1) is 0 Å². The van der Waals surface area contributed by atoms with E-state index in [0.29, 0.717) is 6.42 Å². The van der Waals surface area contributed by atoms with E-state index in [1.807, 2.05) is 29.8 Å². The molecule has 1 aliphatic heterocycles. The fraction of sp³-hybridized carbons (Fsp3) is 0.533. The van der Waals surface area contributed by atoms with Gasteiger partial charge in [0.1, 0.15) is 5.82 Å². The molecule has 1 aliphatic rings. The van der Waals surface area contributed by atoms with Crippen LogP contribution in [0.5, 0.6) is 0 Å². The smallest absolute Gasteiger partial charge is 0.220 e. The molecule has 0 aliphatic carbocycles. The van der Waals surface area contributed by atoms with Crippen LogP contribution in [-0.2, 0) is 4.79 Å². The summed E-state index contributed by atoms with van der Waals surface area (Å²) in [5.74, 6) is 1.20. The summed E-state index contributed by atoms with van der Waals surface area (Å²) in [6.07, 6.45) is 7.18. The van der Waals surface area contributed by atoms with Gasteiger partial charge in [0, 0.05) is 37.8 Å². The zero-order chi connectivity index (χ0) is 14.7. The maximum absolute atomic E-state index is 11.8. The van der Waals surface area contributed by atoms with E-state index < -0.39 is 0 Å². The van der Waals surface area contributed by atoms with Gasteiger partial charge in [0.15, 0.2) is 5.65 Å². The number of piperidine rings is 1. The molecule has 112 valence electrons. The van der Waals surface area contributed by atoms with Crippen molar-refractivity contribution in [3.05, 3.63) is 24.5 Å². The summed E-state index contributed by atoms with van der Waals surface area (Å²) in [5, 5.41) is 7.47. The quantitative estimate of drug-likeness (QED) is 0.928. The third kappa shape index (κ3) is 2.99. The van der Waals surface area contributed by atoms with Crippen molar-refractivity contribution in [2.75, 3.05) is 18.0 Å². The van der Waals surface area contributed by atoms with Gasteiger partial charge in [-0.1, -0.05) is 6.92 Å². The predicted octanol–water partition coefficient (Wildman–Crippen LogP) is 1.61. The Bertz CT molecular complexity index is 623.